The Labute approximate surface area is 169 Å². The Morgan fingerprint density at radius 1 is 1.07 bits per heavy atom. The van der Waals surface area contributed by atoms with Crippen LogP contribution >= 0.6 is 0 Å². The summed E-state index contributed by atoms with van der Waals surface area (Å²) in [5.74, 6) is 0.574. The van der Waals surface area contributed by atoms with E-state index in [4.69, 9.17) is 4.74 Å². The number of carbonyl (C=O) groups excluding carboxylic acids is 2. The van der Waals surface area contributed by atoms with Crippen molar-refractivity contribution in [1.82, 2.24) is 4.98 Å². The van der Waals surface area contributed by atoms with Crippen molar-refractivity contribution < 1.29 is 14.3 Å². The summed E-state index contributed by atoms with van der Waals surface area (Å²) in [6, 6.07) is 18.6. The first-order chi connectivity index (χ1) is 14.2. The van der Waals surface area contributed by atoms with Crippen LogP contribution in [-0.2, 0) is 11.2 Å². The summed E-state index contributed by atoms with van der Waals surface area (Å²) in [6.45, 7) is 0.930. The van der Waals surface area contributed by atoms with Gasteiger partial charge in [-0.1, -0.05) is 18.2 Å². The van der Waals surface area contributed by atoms with Crippen LogP contribution in [0.5, 0.6) is 5.75 Å². The summed E-state index contributed by atoms with van der Waals surface area (Å²) in [5.41, 5.74) is 3.21. The molecular formula is C23H21N3O3. The molecule has 0 radical (unpaired) electrons. The molecule has 6 heteroatoms. The van der Waals surface area contributed by atoms with Gasteiger partial charge in [0.15, 0.2) is 0 Å². The second-order valence-electron chi connectivity index (χ2n) is 6.75. The zero-order chi connectivity index (χ0) is 20.1. The average molecular weight is 387 g/mol. The highest BCUT2D eigenvalue weighted by atomic mass is 16.5. The first-order valence-corrected chi connectivity index (χ1v) is 9.53. The van der Waals surface area contributed by atoms with Gasteiger partial charge in [-0.3, -0.25) is 14.6 Å². The van der Waals surface area contributed by atoms with Gasteiger partial charge in [0.05, 0.1) is 18.6 Å². The fraction of sp³-hybridized carbons (Fsp3) is 0.174. The number of amides is 2. The Morgan fingerprint density at radius 2 is 1.93 bits per heavy atom. The number of fused-ring (bicyclic) bond motifs is 1. The maximum Gasteiger partial charge on any atom is 0.259 e. The summed E-state index contributed by atoms with van der Waals surface area (Å²) in [4.78, 5) is 30.7. The third-order valence-electron chi connectivity index (χ3n) is 4.75. The van der Waals surface area contributed by atoms with Gasteiger partial charge in [-0.05, 0) is 54.4 Å². The Balaban J connectivity index is 1.35. The molecule has 6 nitrogen and oxygen atoms in total. The summed E-state index contributed by atoms with van der Waals surface area (Å²) < 4.78 is 5.56. The van der Waals surface area contributed by atoms with Crippen LogP contribution in [0.4, 0.5) is 11.4 Å². The molecule has 0 aliphatic carbocycles. The molecule has 29 heavy (non-hydrogen) atoms. The quantitative estimate of drug-likeness (QED) is 0.700. The Morgan fingerprint density at radius 3 is 2.72 bits per heavy atom. The van der Waals surface area contributed by atoms with Crippen molar-refractivity contribution in [2.75, 3.05) is 23.4 Å². The minimum absolute atomic E-state index is 0.0632. The van der Waals surface area contributed by atoms with Crippen LogP contribution in [0.15, 0.2) is 73.1 Å². The number of anilines is 2. The Bertz CT molecular complexity index is 1010. The van der Waals surface area contributed by atoms with Gasteiger partial charge < -0.3 is 15.0 Å². The van der Waals surface area contributed by atoms with Crippen molar-refractivity contribution in [3.8, 4) is 5.75 Å². The molecule has 1 N–H and O–H groups in total. The molecule has 3 aromatic rings. The van der Waals surface area contributed by atoms with Gasteiger partial charge in [0.25, 0.3) is 5.91 Å². The molecule has 2 heterocycles. The molecule has 4 rings (SSSR count). The third-order valence-corrected chi connectivity index (χ3v) is 4.75. The monoisotopic (exact) mass is 387 g/mol. The highest BCUT2D eigenvalue weighted by Crippen LogP contribution is 2.31. The van der Waals surface area contributed by atoms with E-state index in [1.54, 1.807) is 29.4 Å². The molecule has 2 aromatic carbocycles. The summed E-state index contributed by atoms with van der Waals surface area (Å²) in [6.07, 6.45) is 4.24. The average Bonchev–Trinajstić information content (AvgIpc) is 3.18. The van der Waals surface area contributed by atoms with Crippen LogP contribution in [0, 0.1) is 0 Å². The predicted octanol–water partition coefficient (Wildman–Crippen LogP) is 3.69. The molecule has 0 unspecified atom stereocenters. The molecular weight excluding hydrogens is 366 g/mol. The molecule has 146 valence electrons. The van der Waals surface area contributed by atoms with E-state index < -0.39 is 0 Å². The van der Waals surface area contributed by atoms with Crippen LogP contribution < -0.4 is 15.0 Å². The van der Waals surface area contributed by atoms with Gasteiger partial charge in [-0.2, -0.15) is 0 Å². The smallest absolute Gasteiger partial charge is 0.259 e. The number of nitrogens with zero attached hydrogens (tertiary/aromatic N) is 2. The molecule has 1 aromatic heterocycles. The van der Waals surface area contributed by atoms with E-state index in [0.29, 0.717) is 18.7 Å². The molecule has 0 spiro atoms. The van der Waals surface area contributed by atoms with E-state index in [1.807, 2.05) is 48.5 Å². The molecule has 1 aliphatic heterocycles. The first-order valence-electron chi connectivity index (χ1n) is 9.53. The third kappa shape index (κ3) is 4.43. The number of benzene rings is 2. The van der Waals surface area contributed by atoms with Crippen molar-refractivity contribution in [2.45, 2.75) is 12.8 Å². The van der Waals surface area contributed by atoms with Gasteiger partial charge in [0.1, 0.15) is 5.75 Å². The van der Waals surface area contributed by atoms with E-state index in [-0.39, 0.29) is 18.2 Å². The van der Waals surface area contributed by atoms with Crippen LogP contribution in [0.25, 0.3) is 0 Å². The predicted molar refractivity (Wildman–Crippen MR) is 111 cm³/mol. The lowest BCUT2D eigenvalue weighted by atomic mass is 10.1. The number of rotatable bonds is 6. The fourth-order valence-electron chi connectivity index (χ4n) is 3.34. The zero-order valence-electron chi connectivity index (χ0n) is 15.9. The molecule has 0 atom stereocenters. The normalized spacial score (nSPS) is 12.3. The van der Waals surface area contributed by atoms with Gasteiger partial charge in [0.2, 0.25) is 5.91 Å². The van der Waals surface area contributed by atoms with Crippen LogP contribution in [0.3, 0.4) is 0 Å². The summed E-state index contributed by atoms with van der Waals surface area (Å²) >= 11 is 0. The minimum atomic E-state index is -0.109. The van der Waals surface area contributed by atoms with Crippen molar-refractivity contribution in [3.05, 3.63) is 84.2 Å². The molecule has 2 amide bonds. The van der Waals surface area contributed by atoms with Gasteiger partial charge in [0, 0.05) is 30.3 Å². The van der Waals surface area contributed by atoms with E-state index >= 15 is 0 Å². The number of aromatic nitrogens is 1. The van der Waals surface area contributed by atoms with Gasteiger partial charge in [-0.25, -0.2) is 0 Å². The number of hydrogen-bond donors (Lipinski definition) is 1. The number of para-hydroxylation sites is 1. The van der Waals surface area contributed by atoms with E-state index in [2.05, 4.69) is 10.3 Å². The molecule has 0 saturated carbocycles. The first kappa shape index (κ1) is 18.7. The Hall–Kier alpha value is -3.67. The molecule has 0 bridgehead atoms. The van der Waals surface area contributed by atoms with Crippen LogP contribution in [0.1, 0.15) is 22.3 Å². The second kappa shape index (κ2) is 8.56. The maximum atomic E-state index is 12.7. The highest BCUT2D eigenvalue weighted by molar-refractivity contribution is 6.07. The fourth-order valence-corrected chi connectivity index (χ4v) is 3.34. The van der Waals surface area contributed by atoms with Crippen molar-refractivity contribution in [2.24, 2.45) is 0 Å². The van der Waals surface area contributed by atoms with Crippen LogP contribution in [-0.4, -0.2) is 29.9 Å². The van der Waals surface area contributed by atoms with Crippen molar-refractivity contribution in [1.29, 1.82) is 0 Å². The van der Waals surface area contributed by atoms with Crippen molar-refractivity contribution in [3.63, 3.8) is 0 Å². The SMILES string of the molecule is O=C(CCOc1ccccc1)Nc1ccc2c(c1)CCN2C(=O)c1cccnc1. The largest absolute Gasteiger partial charge is 0.493 e. The molecule has 1 aliphatic rings. The number of hydrogen-bond acceptors (Lipinski definition) is 4. The topological polar surface area (TPSA) is 71.5 Å². The lowest BCUT2D eigenvalue weighted by Gasteiger charge is -2.17. The summed E-state index contributed by atoms with van der Waals surface area (Å²) in [5, 5.41) is 2.90. The second-order valence-corrected chi connectivity index (χ2v) is 6.75. The maximum absolute atomic E-state index is 12.7. The molecule has 0 fully saturated rings. The number of carbonyl (C=O) groups is 2. The standard InChI is InChI=1S/C23H21N3O3/c27-22(11-14-29-20-6-2-1-3-7-20)25-19-8-9-21-17(15-19)10-13-26(21)23(28)18-5-4-12-24-16-18/h1-9,12,15-16H,10-11,13-14H2,(H,25,27). The Kier molecular flexibility index (Phi) is 5.52. The van der Waals surface area contributed by atoms with Gasteiger partial charge in [-0.15, -0.1) is 0 Å². The lowest BCUT2D eigenvalue weighted by Crippen LogP contribution is -2.28. The minimum Gasteiger partial charge on any atom is -0.493 e. The highest BCUT2D eigenvalue weighted by Gasteiger charge is 2.26. The van der Waals surface area contributed by atoms with E-state index in [0.717, 1.165) is 29.1 Å². The van der Waals surface area contributed by atoms with Gasteiger partial charge >= 0.3 is 0 Å². The summed E-state index contributed by atoms with van der Waals surface area (Å²) in [7, 11) is 0. The van der Waals surface area contributed by atoms with Crippen molar-refractivity contribution >= 4 is 23.2 Å². The van der Waals surface area contributed by atoms with E-state index in [1.165, 1.54) is 0 Å². The lowest BCUT2D eigenvalue weighted by molar-refractivity contribution is -0.116. The van der Waals surface area contributed by atoms with E-state index in [9.17, 15) is 9.59 Å². The number of pyridine rings is 1. The molecule has 0 saturated heterocycles. The number of nitrogens with one attached hydrogen (secondary N) is 1. The zero-order valence-corrected chi connectivity index (χ0v) is 15.9. The number of ether oxygens (including phenoxy) is 1. The van der Waals surface area contributed by atoms with Crippen LogP contribution in [0.2, 0.25) is 0 Å².